The number of piperidine rings is 1. The van der Waals surface area contributed by atoms with Gasteiger partial charge in [-0.15, -0.1) is 0 Å². The fourth-order valence-corrected chi connectivity index (χ4v) is 13.9. The maximum atomic E-state index is 14.5. The van der Waals surface area contributed by atoms with Gasteiger partial charge in [-0.3, -0.25) is 24.7 Å². The van der Waals surface area contributed by atoms with Crippen molar-refractivity contribution in [3.8, 4) is 23.1 Å². The van der Waals surface area contributed by atoms with E-state index < -0.39 is 31.4 Å². The number of hydrogen-bond donors (Lipinski definition) is 3. The average Bonchev–Trinajstić information content (AvgIpc) is 4.08. The van der Waals surface area contributed by atoms with E-state index in [0.717, 1.165) is 88.4 Å². The Balaban J connectivity index is 0.839. The third kappa shape index (κ3) is 10.8. The van der Waals surface area contributed by atoms with Gasteiger partial charge in [0.2, 0.25) is 0 Å². The number of benzene rings is 3. The van der Waals surface area contributed by atoms with E-state index in [1.807, 2.05) is 12.1 Å². The molecule has 2 aliphatic carbocycles. The molecule has 4 aliphatic heterocycles. The number of aromatic nitrogens is 2. The molecule has 75 heavy (non-hydrogen) atoms. The van der Waals surface area contributed by atoms with Crippen molar-refractivity contribution in [3.05, 3.63) is 99.7 Å². The van der Waals surface area contributed by atoms with Gasteiger partial charge in [0.05, 0.1) is 34.6 Å². The molecule has 1 spiro atoms. The largest absolute Gasteiger partial charge is 0.489 e. The summed E-state index contributed by atoms with van der Waals surface area (Å²) < 4.78 is 55.4. The van der Waals surface area contributed by atoms with Gasteiger partial charge >= 0.3 is 0 Å². The summed E-state index contributed by atoms with van der Waals surface area (Å²) in [5, 5.41) is 16.7. The van der Waals surface area contributed by atoms with Gasteiger partial charge in [-0.25, -0.2) is 13.1 Å². The summed E-state index contributed by atoms with van der Waals surface area (Å²) in [7, 11) is -4.70. The number of carbonyl (C=O) groups excluding carboxylic acids is 1. The number of nitro benzene ring substituents is 1. The number of fused-ring (bicyclic) bond motifs is 2. The Kier molecular flexibility index (Phi) is 14.2. The molecule has 3 saturated heterocycles. The van der Waals surface area contributed by atoms with E-state index in [9.17, 15) is 23.3 Å². The molecule has 5 aromatic rings. The molecule has 11 rings (SSSR count). The Labute approximate surface area is 440 Å². The molecule has 0 unspecified atom stereocenters. The maximum absolute atomic E-state index is 14.5. The quantitative estimate of drug-likeness (QED) is 0.0662. The van der Waals surface area contributed by atoms with Crippen LogP contribution in [-0.4, -0.2) is 117 Å². The zero-order valence-electron chi connectivity index (χ0n) is 43.8. The van der Waals surface area contributed by atoms with Crippen molar-refractivity contribution in [3.63, 3.8) is 0 Å². The van der Waals surface area contributed by atoms with Crippen LogP contribution in [0.1, 0.15) is 125 Å². The number of aromatic amines is 1. The molecule has 17 nitrogen and oxygen atoms in total. The minimum absolute atomic E-state index is 0.0416. The molecule has 5 fully saturated rings. The molecular weight excluding hydrogens is 973 g/mol. The van der Waals surface area contributed by atoms with Crippen molar-refractivity contribution in [2.45, 2.75) is 121 Å². The van der Waals surface area contributed by atoms with E-state index in [2.05, 4.69) is 81.7 Å². The lowest BCUT2D eigenvalue weighted by atomic mass is 9.59. The molecule has 6 aliphatic rings. The van der Waals surface area contributed by atoms with Crippen LogP contribution < -0.4 is 29.1 Å². The highest BCUT2D eigenvalue weighted by Gasteiger charge is 2.50. The van der Waals surface area contributed by atoms with Crippen molar-refractivity contribution in [2.24, 2.45) is 16.7 Å². The van der Waals surface area contributed by atoms with Crippen LogP contribution in [0.15, 0.2) is 77.8 Å². The Morgan fingerprint density at radius 3 is 2.48 bits per heavy atom. The van der Waals surface area contributed by atoms with Gasteiger partial charge in [0.25, 0.3) is 27.5 Å². The summed E-state index contributed by atoms with van der Waals surface area (Å²) in [5.41, 5.74) is 4.51. The molecule has 3 N–H and O–H groups in total. The summed E-state index contributed by atoms with van der Waals surface area (Å²) in [6, 6.07) is 20.9. The van der Waals surface area contributed by atoms with Gasteiger partial charge < -0.3 is 34.1 Å². The second-order valence-corrected chi connectivity index (χ2v) is 24.8. The first-order chi connectivity index (χ1) is 36.1. The third-order valence-electron chi connectivity index (χ3n) is 17.4. The number of pyridine rings is 1. The molecule has 0 radical (unpaired) electrons. The van der Waals surface area contributed by atoms with Gasteiger partial charge in [0.1, 0.15) is 24.6 Å². The number of H-pyrrole nitrogens is 1. The average molecular weight is 1050 g/mol. The number of anilines is 2. The molecule has 18 heteroatoms. The van der Waals surface area contributed by atoms with E-state index in [1.165, 1.54) is 42.9 Å². The predicted octanol–water partition coefficient (Wildman–Crippen LogP) is 10.2. The second kappa shape index (κ2) is 20.9. The first-order valence-electron chi connectivity index (χ1n) is 27.2. The number of amides is 1. The first-order valence-corrected chi connectivity index (χ1v) is 28.7. The molecule has 400 valence electrons. The van der Waals surface area contributed by atoms with Crippen molar-refractivity contribution in [2.75, 3.05) is 75.9 Å². The van der Waals surface area contributed by atoms with Crippen LogP contribution in [0.25, 0.3) is 11.0 Å². The lowest BCUT2D eigenvalue weighted by Crippen LogP contribution is -2.54. The maximum Gasteiger partial charge on any atom is 0.297 e. The minimum Gasteiger partial charge on any atom is -0.489 e. The second-order valence-electron chi connectivity index (χ2n) is 23.1. The Morgan fingerprint density at radius 2 is 1.72 bits per heavy atom. The van der Waals surface area contributed by atoms with Crippen molar-refractivity contribution < 1.29 is 37.1 Å². The molecule has 2 aromatic heterocycles. The zero-order valence-corrected chi connectivity index (χ0v) is 44.6. The van der Waals surface area contributed by atoms with Crippen LogP contribution in [-0.2, 0) is 14.8 Å². The number of nitro groups is 1. The number of sulfonamides is 1. The fraction of sp³-hybridized carbons (Fsp3) is 0.544. The number of rotatable bonds is 15. The molecule has 0 bridgehead atoms. The number of morpholine rings is 1. The highest BCUT2D eigenvalue weighted by molar-refractivity contribution is 7.90. The Bertz CT molecular complexity index is 3020. The Hall–Kier alpha value is -5.95. The van der Waals surface area contributed by atoms with Crippen molar-refractivity contribution in [1.82, 2.24) is 24.5 Å². The van der Waals surface area contributed by atoms with E-state index in [1.54, 1.807) is 24.4 Å². The van der Waals surface area contributed by atoms with E-state index in [-0.39, 0.29) is 63.8 Å². The van der Waals surface area contributed by atoms with Crippen LogP contribution in [0.4, 0.5) is 17.1 Å². The molecular formula is C57H72N8O9S. The molecule has 2 atom stereocenters. The van der Waals surface area contributed by atoms with Crippen LogP contribution in [0.2, 0.25) is 0 Å². The molecule has 2 saturated carbocycles. The summed E-state index contributed by atoms with van der Waals surface area (Å²) in [6.07, 6.45) is 12.6. The number of nitrogens with zero attached hydrogens (tertiary/aromatic N) is 5. The number of nitrogens with one attached hydrogen (secondary N) is 3. The highest BCUT2D eigenvalue weighted by atomic mass is 32.2. The number of likely N-dealkylation sites (tertiary alicyclic amines) is 1. The lowest BCUT2D eigenvalue weighted by Gasteiger charge is -2.56. The van der Waals surface area contributed by atoms with Crippen molar-refractivity contribution >= 4 is 44.0 Å². The summed E-state index contributed by atoms with van der Waals surface area (Å²) in [4.78, 5) is 41.3. The normalized spacial score (nSPS) is 22.3. The van der Waals surface area contributed by atoms with Gasteiger partial charge in [-0.05, 0) is 129 Å². The van der Waals surface area contributed by atoms with Crippen LogP contribution in [0.3, 0.4) is 0 Å². The minimum atomic E-state index is -4.70. The van der Waals surface area contributed by atoms with Gasteiger partial charge in [0.15, 0.2) is 17.2 Å². The van der Waals surface area contributed by atoms with Gasteiger partial charge in [-0.1, -0.05) is 52.0 Å². The topological polar surface area (TPSA) is 194 Å². The smallest absolute Gasteiger partial charge is 0.297 e. The zero-order chi connectivity index (χ0) is 52.1. The van der Waals surface area contributed by atoms with E-state index >= 15 is 0 Å². The lowest BCUT2D eigenvalue weighted by molar-refractivity contribution is -0.384. The van der Waals surface area contributed by atoms with Gasteiger partial charge in [-0.2, -0.15) is 4.98 Å². The standard InChI is InChI=1S/C57H72N8O9S/c1-37(2)43-8-5-6-9-44(43)47-10-7-21-64(47)41-34-57(35-41)18-22-63(23-19-57)40-11-12-45(49(31-40)74-51-30-39-15-20-58-53(39)60-55(51)72-29-26-62-24-27-71-28-25-62)54(66)61-75(69,70)42-32-48(65(67)68)52-50(33-42)73-36-46(59-52)38-13-16-56(3,4)17-14-38/h5-6,8-9,11-12,15,20,30-33,37-38,41,46-47,59H,7,10,13-14,16-19,21-29,34-36H2,1-4H3,(H,58,60)(H,61,66)/t46-,47-/m1/s1. The summed E-state index contributed by atoms with van der Waals surface area (Å²) in [5.74, 6) is 0.356. The fourth-order valence-electron chi connectivity index (χ4n) is 12.9. The number of ether oxygens (including phenoxy) is 4. The van der Waals surface area contributed by atoms with Crippen molar-refractivity contribution in [1.29, 1.82) is 0 Å². The number of carbonyl (C=O) groups is 1. The molecule has 6 heterocycles. The molecule has 3 aromatic carbocycles. The van der Waals surface area contributed by atoms with E-state index in [0.29, 0.717) is 50.0 Å². The van der Waals surface area contributed by atoms with Gasteiger partial charge in [0, 0.05) is 80.3 Å². The third-order valence-corrected chi connectivity index (χ3v) is 18.7. The van der Waals surface area contributed by atoms with E-state index in [4.69, 9.17) is 23.9 Å². The molecule has 1 amide bonds. The summed E-state index contributed by atoms with van der Waals surface area (Å²) in [6.45, 7) is 15.9. The predicted molar refractivity (Wildman–Crippen MR) is 288 cm³/mol. The first kappa shape index (κ1) is 51.2. The SMILES string of the molecule is CC(C)c1ccccc1[C@H]1CCCN1C1CC2(CCN(c3ccc(C(=O)NS(=O)(=O)c4cc5c(c([N+](=O)[O-])c4)N[C@@H](C4CCC(C)(C)CC4)CO5)c(Oc4cc5cc[nH]c5nc4OCCN4CCOCC4)c3)CC2)C1. The van der Waals surface area contributed by atoms with Crippen LogP contribution in [0.5, 0.6) is 23.1 Å². The highest BCUT2D eigenvalue weighted by Crippen LogP contribution is 2.55. The van der Waals surface area contributed by atoms with Crippen LogP contribution in [0, 0.1) is 26.9 Å². The monoisotopic (exact) mass is 1040 g/mol. The number of hydrogen-bond acceptors (Lipinski definition) is 14. The Morgan fingerprint density at radius 1 is 0.947 bits per heavy atom. The van der Waals surface area contributed by atoms with Crippen LogP contribution >= 0.6 is 0 Å². The summed E-state index contributed by atoms with van der Waals surface area (Å²) >= 11 is 0.